The Bertz CT molecular complexity index is 471. The Morgan fingerprint density at radius 2 is 2.28 bits per heavy atom. The predicted molar refractivity (Wildman–Crippen MR) is 68.6 cm³/mol. The van der Waals surface area contributed by atoms with Crippen LogP contribution in [-0.2, 0) is 0 Å². The number of nitro groups is 1. The molecule has 0 amide bonds. The fourth-order valence-corrected chi connectivity index (χ4v) is 1.68. The maximum absolute atomic E-state index is 10.8. The second-order valence-corrected chi connectivity index (χ2v) is 4.56. The van der Waals surface area contributed by atoms with Gasteiger partial charge in [-0.2, -0.15) is 5.26 Å². The summed E-state index contributed by atoms with van der Waals surface area (Å²) in [7, 11) is 3.83. The van der Waals surface area contributed by atoms with Gasteiger partial charge in [-0.3, -0.25) is 10.1 Å². The maximum atomic E-state index is 10.8. The molecule has 18 heavy (non-hydrogen) atoms. The lowest BCUT2D eigenvalue weighted by Gasteiger charge is -2.11. The number of benzene rings is 1. The Morgan fingerprint density at radius 1 is 1.56 bits per heavy atom. The molecular weight excluding hydrogens is 254 g/mol. The van der Waals surface area contributed by atoms with Crippen LogP contribution in [0.15, 0.2) is 23.1 Å². The summed E-state index contributed by atoms with van der Waals surface area (Å²) < 4.78 is 5.40. The van der Waals surface area contributed by atoms with Crippen molar-refractivity contribution in [2.75, 3.05) is 27.2 Å². The Labute approximate surface area is 109 Å². The zero-order valence-electron chi connectivity index (χ0n) is 10.1. The minimum Gasteiger partial charge on any atom is -0.492 e. The van der Waals surface area contributed by atoms with E-state index in [2.05, 4.69) is 0 Å². The summed E-state index contributed by atoms with van der Waals surface area (Å²) in [6, 6.07) is 4.49. The van der Waals surface area contributed by atoms with Gasteiger partial charge >= 0.3 is 0 Å². The van der Waals surface area contributed by atoms with Crippen LogP contribution in [0.3, 0.4) is 0 Å². The van der Waals surface area contributed by atoms with Gasteiger partial charge in [0.25, 0.3) is 5.69 Å². The van der Waals surface area contributed by atoms with Gasteiger partial charge in [-0.25, -0.2) is 0 Å². The number of nitrogens with zero attached hydrogens (tertiary/aromatic N) is 3. The number of rotatable bonds is 6. The molecule has 0 heterocycles. The van der Waals surface area contributed by atoms with E-state index in [1.165, 1.54) is 12.1 Å². The van der Waals surface area contributed by atoms with Crippen molar-refractivity contribution in [1.82, 2.24) is 4.90 Å². The lowest BCUT2D eigenvalue weighted by Crippen LogP contribution is -2.19. The third kappa shape index (κ3) is 4.24. The highest BCUT2D eigenvalue weighted by molar-refractivity contribution is 8.03. The smallest absolute Gasteiger partial charge is 0.287 e. The number of hydrogen-bond acceptors (Lipinski definition) is 6. The van der Waals surface area contributed by atoms with E-state index < -0.39 is 4.92 Å². The largest absolute Gasteiger partial charge is 0.492 e. The summed E-state index contributed by atoms with van der Waals surface area (Å²) in [6.45, 7) is 1.18. The SMILES string of the molecule is CN(C)CCOc1ccc(SC#N)c([N+](=O)[O-])c1. The number of thioether (sulfide) groups is 1. The average molecular weight is 267 g/mol. The van der Waals surface area contributed by atoms with Crippen LogP contribution in [0, 0.1) is 20.8 Å². The van der Waals surface area contributed by atoms with Crippen LogP contribution in [0.5, 0.6) is 5.75 Å². The first-order valence-electron chi connectivity index (χ1n) is 5.16. The predicted octanol–water partition coefficient (Wildman–Crippen LogP) is 2.11. The molecule has 0 unspecified atom stereocenters. The summed E-state index contributed by atoms with van der Waals surface area (Å²) in [5, 5.41) is 21.2. The van der Waals surface area contributed by atoms with E-state index in [1.54, 1.807) is 6.07 Å². The van der Waals surface area contributed by atoms with Gasteiger partial charge < -0.3 is 9.64 Å². The molecule has 1 aromatic rings. The van der Waals surface area contributed by atoms with Crippen molar-refractivity contribution in [1.29, 1.82) is 5.26 Å². The average Bonchev–Trinajstić information content (AvgIpc) is 2.30. The van der Waals surface area contributed by atoms with E-state index in [1.807, 2.05) is 24.4 Å². The van der Waals surface area contributed by atoms with E-state index >= 15 is 0 Å². The molecule has 0 saturated heterocycles. The van der Waals surface area contributed by atoms with Gasteiger partial charge in [-0.1, -0.05) is 0 Å². The molecule has 0 aliphatic carbocycles. The molecule has 7 heteroatoms. The number of hydrogen-bond donors (Lipinski definition) is 0. The number of ether oxygens (including phenoxy) is 1. The first-order chi connectivity index (χ1) is 8.54. The van der Waals surface area contributed by atoms with Crippen molar-refractivity contribution in [2.45, 2.75) is 4.90 Å². The molecule has 6 nitrogen and oxygen atoms in total. The lowest BCUT2D eigenvalue weighted by molar-refractivity contribution is -0.387. The third-order valence-corrected chi connectivity index (χ3v) is 2.75. The first-order valence-corrected chi connectivity index (χ1v) is 5.98. The van der Waals surface area contributed by atoms with Gasteiger partial charge in [0.2, 0.25) is 0 Å². The molecule has 0 spiro atoms. The highest BCUT2D eigenvalue weighted by atomic mass is 32.2. The van der Waals surface area contributed by atoms with Crippen molar-refractivity contribution in [3.8, 4) is 11.2 Å². The van der Waals surface area contributed by atoms with Crippen LogP contribution in [0.1, 0.15) is 0 Å². The Hall–Kier alpha value is -1.78. The number of likely N-dealkylation sites (N-methyl/N-ethyl adjacent to an activating group) is 1. The normalized spacial score (nSPS) is 10.1. The maximum Gasteiger partial charge on any atom is 0.287 e. The number of nitriles is 1. The third-order valence-electron chi connectivity index (χ3n) is 2.09. The molecule has 0 saturated carbocycles. The van der Waals surface area contributed by atoms with Crippen molar-refractivity contribution in [3.63, 3.8) is 0 Å². The molecular formula is C11H13N3O3S. The highest BCUT2D eigenvalue weighted by Gasteiger charge is 2.15. The molecule has 96 valence electrons. The molecule has 1 aromatic carbocycles. The first kappa shape index (κ1) is 14.3. The van der Waals surface area contributed by atoms with Crippen LogP contribution in [0.2, 0.25) is 0 Å². The minimum atomic E-state index is -0.515. The molecule has 0 radical (unpaired) electrons. The molecule has 0 bridgehead atoms. The second kappa shape index (κ2) is 6.83. The number of thiocyanates is 1. The zero-order valence-corrected chi connectivity index (χ0v) is 10.9. The van der Waals surface area contributed by atoms with E-state index in [4.69, 9.17) is 10.00 Å². The summed E-state index contributed by atoms with van der Waals surface area (Å²) in [4.78, 5) is 12.6. The minimum absolute atomic E-state index is 0.107. The monoisotopic (exact) mass is 267 g/mol. The van der Waals surface area contributed by atoms with Gasteiger partial charge in [0.05, 0.1) is 11.0 Å². The Balaban J connectivity index is 2.80. The highest BCUT2D eigenvalue weighted by Crippen LogP contribution is 2.31. The molecule has 0 aliphatic heterocycles. The van der Waals surface area contributed by atoms with Gasteiger partial charge in [-0.15, -0.1) is 0 Å². The van der Waals surface area contributed by atoms with Gasteiger partial charge in [0, 0.05) is 6.54 Å². The van der Waals surface area contributed by atoms with Crippen LogP contribution in [0.4, 0.5) is 5.69 Å². The molecule has 0 aromatic heterocycles. The van der Waals surface area contributed by atoms with E-state index in [0.717, 1.165) is 18.3 Å². The molecule has 1 rings (SSSR count). The molecule has 0 N–H and O–H groups in total. The molecule has 0 aliphatic rings. The van der Waals surface area contributed by atoms with Crippen LogP contribution in [0.25, 0.3) is 0 Å². The summed E-state index contributed by atoms with van der Waals surface area (Å²) >= 11 is 0.768. The van der Waals surface area contributed by atoms with Gasteiger partial charge in [-0.05, 0) is 38.0 Å². The Kier molecular flexibility index (Phi) is 5.42. The fraction of sp³-hybridized carbons (Fsp3) is 0.364. The van der Waals surface area contributed by atoms with E-state index in [-0.39, 0.29) is 5.69 Å². The van der Waals surface area contributed by atoms with Crippen LogP contribution >= 0.6 is 11.8 Å². The van der Waals surface area contributed by atoms with Crippen molar-refractivity contribution >= 4 is 17.4 Å². The Morgan fingerprint density at radius 3 is 2.83 bits per heavy atom. The quantitative estimate of drug-likeness (QED) is 0.340. The van der Waals surface area contributed by atoms with Crippen LogP contribution < -0.4 is 4.74 Å². The second-order valence-electron chi connectivity index (χ2n) is 3.73. The van der Waals surface area contributed by atoms with Crippen molar-refractivity contribution in [2.24, 2.45) is 0 Å². The van der Waals surface area contributed by atoms with E-state index in [0.29, 0.717) is 17.3 Å². The number of nitro benzene ring substituents is 1. The zero-order chi connectivity index (χ0) is 13.5. The topological polar surface area (TPSA) is 79.4 Å². The fourth-order valence-electron chi connectivity index (χ4n) is 1.21. The van der Waals surface area contributed by atoms with Crippen LogP contribution in [-0.4, -0.2) is 37.1 Å². The van der Waals surface area contributed by atoms with Gasteiger partial charge in [0.1, 0.15) is 22.7 Å². The summed E-state index contributed by atoms with van der Waals surface area (Å²) in [5.41, 5.74) is -0.107. The van der Waals surface area contributed by atoms with Gasteiger partial charge in [0.15, 0.2) is 0 Å². The summed E-state index contributed by atoms with van der Waals surface area (Å²) in [5.74, 6) is 0.436. The molecule has 0 atom stereocenters. The van der Waals surface area contributed by atoms with E-state index in [9.17, 15) is 10.1 Å². The summed E-state index contributed by atoms with van der Waals surface area (Å²) in [6.07, 6.45) is 0. The lowest BCUT2D eigenvalue weighted by atomic mass is 10.3. The van der Waals surface area contributed by atoms with Crippen molar-refractivity contribution in [3.05, 3.63) is 28.3 Å². The molecule has 0 fully saturated rings. The van der Waals surface area contributed by atoms with Crippen molar-refractivity contribution < 1.29 is 9.66 Å². The standard InChI is InChI=1S/C11H13N3O3S/c1-13(2)5-6-17-9-3-4-11(18-8-12)10(7-9)14(15)16/h3-4,7H,5-6H2,1-2H3.